The van der Waals surface area contributed by atoms with Crippen LogP contribution in [0.2, 0.25) is 0 Å². The monoisotopic (exact) mass is 2790 g/mol. The van der Waals surface area contributed by atoms with E-state index in [-0.39, 0.29) is 158 Å². The first-order valence-corrected chi connectivity index (χ1v) is 45.4. The predicted molar refractivity (Wildman–Crippen MR) is 567 cm³/mol. The van der Waals surface area contributed by atoms with Crippen molar-refractivity contribution in [2.45, 2.75) is 115 Å². The van der Waals surface area contributed by atoms with Gasteiger partial charge in [0.1, 0.15) is 0 Å². The number of carbonyl (C=O) groups is 5. The molecule has 0 fully saturated rings. The number of rotatable bonds is 13. The maximum atomic E-state index is 12.4. The molecule has 144 heavy (non-hydrogen) atoms. The van der Waals surface area contributed by atoms with E-state index >= 15 is 0 Å². The summed E-state index contributed by atoms with van der Waals surface area (Å²) in [5.41, 5.74) is 22.8. The number of aliphatic hydroxyl groups excluding tert-OH is 4. The molecule has 12 aromatic carbocycles. The van der Waals surface area contributed by atoms with Gasteiger partial charge in [0.15, 0.2) is 28.9 Å². The molecule has 0 spiro atoms. The topological polar surface area (TPSA) is 244 Å². The molecule has 18 aromatic rings. The van der Waals surface area contributed by atoms with Gasteiger partial charge in [-0.05, 0) is 158 Å². The van der Waals surface area contributed by atoms with Crippen molar-refractivity contribution in [1.29, 1.82) is 0 Å². The van der Waals surface area contributed by atoms with Crippen LogP contribution in [0, 0.1) is 50.3 Å². The van der Waals surface area contributed by atoms with Gasteiger partial charge in [0.25, 0.3) is 0 Å². The van der Waals surface area contributed by atoms with E-state index in [9.17, 15) is 24.0 Å². The molecule has 0 bridgehead atoms. The normalized spacial score (nSPS) is 11.0. The summed E-state index contributed by atoms with van der Waals surface area (Å²) in [5, 5.41) is 41.8. The van der Waals surface area contributed by atoms with Crippen LogP contribution in [-0.2, 0) is 125 Å². The first-order chi connectivity index (χ1) is 66.9. The summed E-state index contributed by atoms with van der Waals surface area (Å²) in [7, 11) is 0. The summed E-state index contributed by atoms with van der Waals surface area (Å²) >= 11 is 0. The molecular weight excluding hydrogens is 2680 g/mol. The Morgan fingerprint density at radius 2 is 0.833 bits per heavy atom. The fourth-order valence-corrected chi connectivity index (χ4v) is 14.4. The number of aromatic nitrogens is 6. The Labute approximate surface area is 912 Å². The van der Waals surface area contributed by atoms with Gasteiger partial charge in [-0.15, -0.1) is 178 Å². The van der Waals surface area contributed by atoms with Crippen LogP contribution in [0.25, 0.3) is 127 Å². The zero-order valence-corrected chi connectivity index (χ0v) is 94.2. The van der Waals surface area contributed by atoms with E-state index < -0.39 is 0 Å². The number of aliphatic hydroxyl groups is 4. The van der Waals surface area contributed by atoms with Crippen molar-refractivity contribution in [3.63, 3.8) is 0 Å². The van der Waals surface area contributed by atoms with Crippen LogP contribution in [0.15, 0.2) is 406 Å². The third-order valence-corrected chi connectivity index (χ3v) is 20.6. The Kier molecular flexibility index (Phi) is 52.6. The van der Waals surface area contributed by atoms with Crippen molar-refractivity contribution in [1.82, 2.24) is 29.9 Å². The quantitative estimate of drug-likeness (QED) is 0.0363. The number of hydrogen-bond acceptors (Lipinski definition) is 15. The van der Waals surface area contributed by atoms with Crippen LogP contribution in [0.5, 0.6) is 0 Å². The molecule has 0 amide bonds. The third-order valence-electron chi connectivity index (χ3n) is 20.6. The van der Waals surface area contributed by atoms with Crippen LogP contribution < -0.4 is 0 Å². The smallest absolute Gasteiger partial charge is 0.155 e. The summed E-state index contributed by atoms with van der Waals surface area (Å²) in [5.74, 6) is -0.241. The van der Waals surface area contributed by atoms with Gasteiger partial charge in [0.05, 0.1) is 34.1 Å². The number of ketones is 5. The van der Waals surface area contributed by atoms with Gasteiger partial charge in [-0.25, -0.2) is 0 Å². The molecule has 20 heteroatoms. The molecule has 1 aliphatic rings. The molecule has 0 saturated heterocycles. The number of hydrogen-bond donors (Lipinski definition) is 4. The molecule has 4 N–H and O–H groups in total. The van der Waals surface area contributed by atoms with E-state index in [2.05, 4.69) is 230 Å². The second-order valence-corrected chi connectivity index (χ2v) is 33.5. The molecule has 0 aliphatic heterocycles. The SMILES string of the molecule is CC(=O)C=C(C)O.CC(=O)C=C(C)O.CC(=O)C=C(C)O.CC(=O)C=C(C)O.CC(C)(C)c1ccc(-c2[c-]cc(C(=O)c3ccccc3)cc2)nc1.Cc1[c-]c(-c2ccc3ccccc3n2)cc(C)c1.[C-]1=C(c2ccc3ccccc3n2)CCC1.[Ir].[Ir].[Ir].[Ir].[Ir].[c-]1ccc2ccccc2c1-c1ccccn1.[c-]1ccccc1-c1cc(-c2ccccc2)c2ccccc2n1.[c-]1ccccc1-c1nccc2ccccc12. The first kappa shape index (κ1) is 121. The van der Waals surface area contributed by atoms with Gasteiger partial charge in [-0.2, -0.15) is 5.57 Å². The molecule has 15 nitrogen and oxygen atoms in total. The van der Waals surface area contributed by atoms with E-state index in [1.54, 1.807) is 6.07 Å². The number of benzene rings is 12. The van der Waals surface area contributed by atoms with Crippen molar-refractivity contribution in [3.8, 4) is 67.4 Å². The summed E-state index contributed by atoms with van der Waals surface area (Å²) < 4.78 is 0. The zero-order chi connectivity index (χ0) is 99.6. The third kappa shape index (κ3) is 39.9. The van der Waals surface area contributed by atoms with Crippen molar-refractivity contribution in [2.75, 3.05) is 0 Å². The number of pyridine rings is 6. The number of aryl methyl sites for hydroxylation is 2. The minimum Gasteiger partial charge on any atom is -0.512 e. The summed E-state index contributed by atoms with van der Waals surface area (Å²) in [6.07, 6.45) is 17.1. The number of allylic oxidation sites excluding steroid dienone is 10. The number of nitrogens with zero attached hydrogens (tertiary/aromatic N) is 6. The van der Waals surface area contributed by atoms with Gasteiger partial charge in [0, 0.05) is 160 Å². The molecule has 743 valence electrons. The van der Waals surface area contributed by atoms with Crippen molar-refractivity contribution in [2.24, 2.45) is 0 Å². The van der Waals surface area contributed by atoms with Crippen LogP contribution >= 0.6 is 0 Å². The Balaban J connectivity index is 0.000000288. The first-order valence-electron chi connectivity index (χ1n) is 45.4. The second kappa shape index (κ2) is 62.7. The molecule has 6 heterocycles. The van der Waals surface area contributed by atoms with Gasteiger partial charge in [0.2, 0.25) is 0 Å². The summed E-state index contributed by atoms with van der Waals surface area (Å²) in [4.78, 5) is 80.0. The van der Waals surface area contributed by atoms with E-state index in [1.165, 1.54) is 152 Å². The van der Waals surface area contributed by atoms with Gasteiger partial charge in [-0.3, -0.25) is 40.0 Å². The summed E-state index contributed by atoms with van der Waals surface area (Å²) in [6.45, 7) is 22.1. The minimum atomic E-state index is -0.125. The Morgan fingerprint density at radius 1 is 0.354 bits per heavy atom. The average Bonchev–Trinajstić information content (AvgIpc) is 0.955. The molecule has 0 unspecified atom stereocenters. The Bertz CT molecular complexity index is 7060. The fraction of sp³-hybridized carbons (Fsp3) is 0.137. The minimum absolute atomic E-state index is 0. The van der Waals surface area contributed by atoms with Gasteiger partial charge >= 0.3 is 0 Å². The predicted octanol–water partition coefficient (Wildman–Crippen LogP) is 29.9. The number of para-hydroxylation sites is 3. The van der Waals surface area contributed by atoms with Crippen LogP contribution in [0.3, 0.4) is 0 Å². The largest absolute Gasteiger partial charge is 0.512 e. The van der Waals surface area contributed by atoms with Crippen LogP contribution in [0.4, 0.5) is 0 Å². The standard InChI is InChI=1S/C22H20NO.C21H14N.C17H14N.2C15H10N.C14H12N.4C5H8O2.5Ir/c1-22(2,3)19-13-14-20(23-15-19)16-9-11-18(12-10-16)21(24)17-7-5-4-6-8-17;1-3-9-16(10-4-1)19-15-21(17-11-5-2-6-12-17)22-20-14-8-7-13-18(19)20;1-12-9-13(2)11-15(10-12)17-8-7-14-5-3-4-6-16(14)18-17;1-2-8-13-12(6-1)7-5-9-14(13)15-10-3-4-11-16-15;1-2-7-13(8-3-1)15-14-9-5-4-6-12(14)10-11-16-15;1-2-6-11(5-1)14-10-9-12-7-3-4-8-13(12)15-14;4*1-4(6)3-5(2)7;;;;;/h4-9,11-15H,1-3H3;1-11,13-15H;3-10H,1-2H3;1-8,10-11H;1-7,9-11H;3-4,7-10H,1-2,5H2;4*3,6H,1-2H3;;;;;/q6*-1;;;;;;;;;. The van der Waals surface area contributed by atoms with Crippen LogP contribution in [0.1, 0.15) is 134 Å². The van der Waals surface area contributed by atoms with Gasteiger partial charge < -0.3 is 40.4 Å². The zero-order valence-electron chi connectivity index (χ0n) is 82.2. The maximum absolute atomic E-state index is 12.4. The van der Waals surface area contributed by atoms with E-state index in [0.717, 1.165) is 96.9 Å². The maximum Gasteiger partial charge on any atom is 0.155 e. The van der Waals surface area contributed by atoms with E-state index in [1.807, 2.05) is 213 Å². The molecular formula is C124H112Ir5N6O9-6. The van der Waals surface area contributed by atoms with Crippen molar-refractivity contribution < 1.29 is 145 Å². The molecule has 6 aromatic heterocycles. The van der Waals surface area contributed by atoms with Crippen molar-refractivity contribution >= 4 is 88.7 Å². The van der Waals surface area contributed by atoms with E-state index in [4.69, 9.17) is 30.4 Å². The Morgan fingerprint density at radius 3 is 1.33 bits per heavy atom. The molecule has 0 atom stereocenters. The molecule has 19 rings (SSSR count). The molecule has 0 saturated carbocycles. The van der Waals surface area contributed by atoms with Crippen LogP contribution in [-0.4, -0.2) is 79.2 Å². The van der Waals surface area contributed by atoms with E-state index in [0.29, 0.717) is 11.1 Å². The molecule has 1 aliphatic carbocycles. The Hall–Kier alpha value is -13.7. The molecule has 5 radical (unpaired) electrons. The average molecular weight is 2790 g/mol. The number of carbonyl (C=O) groups excluding carboxylic acids is 5. The van der Waals surface area contributed by atoms with Crippen molar-refractivity contribution in [3.05, 3.63) is 476 Å². The van der Waals surface area contributed by atoms with Gasteiger partial charge in [-0.1, -0.05) is 276 Å². The fourth-order valence-electron chi connectivity index (χ4n) is 14.4. The summed E-state index contributed by atoms with van der Waals surface area (Å²) in [6, 6.07) is 130. The number of fused-ring (bicyclic) bond motifs is 5. The second-order valence-electron chi connectivity index (χ2n) is 33.5.